The second-order valence-corrected chi connectivity index (χ2v) is 8.56. The van der Waals surface area contributed by atoms with Gasteiger partial charge in [-0.15, -0.1) is 0 Å². The molecule has 0 unspecified atom stereocenters. The van der Waals surface area contributed by atoms with E-state index in [4.69, 9.17) is 20.0 Å². The van der Waals surface area contributed by atoms with E-state index < -0.39 is 35.0 Å². The smallest absolute Gasteiger partial charge is 0.420 e. The summed E-state index contributed by atoms with van der Waals surface area (Å²) in [4.78, 5) is 0. The van der Waals surface area contributed by atoms with Gasteiger partial charge in [-0.05, 0) is 78.2 Å². The first-order valence-corrected chi connectivity index (χ1v) is 11.7. The van der Waals surface area contributed by atoms with Crippen molar-refractivity contribution in [2.24, 2.45) is 0 Å². The fraction of sp³-hybridized carbons (Fsp3) is 0.103. The first-order valence-electron chi connectivity index (χ1n) is 11.7. The predicted octanol–water partition coefficient (Wildman–Crippen LogP) is 8.69. The van der Waals surface area contributed by atoms with Crippen molar-refractivity contribution in [3.05, 3.63) is 107 Å². The summed E-state index contributed by atoms with van der Waals surface area (Å²) in [6, 6.07) is 19.1. The molecular formula is C29H18F6N4O2. The van der Waals surface area contributed by atoms with Crippen molar-refractivity contribution in [2.75, 3.05) is 10.6 Å². The molecule has 4 rings (SSSR count). The van der Waals surface area contributed by atoms with Crippen LogP contribution in [0, 0.1) is 22.9 Å². The Bertz CT molecular complexity index is 1480. The van der Waals surface area contributed by atoms with E-state index in [1.807, 2.05) is 0 Å². The zero-order chi connectivity index (χ0) is 29.6. The Labute approximate surface area is 230 Å². The molecule has 0 heterocycles. The highest BCUT2D eigenvalue weighted by molar-refractivity contribution is 5.56. The molecule has 0 atom stereocenters. The van der Waals surface area contributed by atoms with E-state index in [-0.39, 0.29) is 22.9 Å². The molecule has 0 aliphatic heterocycles. The molecule has 0 saturated heterocycles. The fourth-order valence-corrected chi connectivity index (χ4v) is 3.81. The van der Waals surface area contributed by atoms with E-state index in [1.54, 1.807) is 36.7 Å². The van der Waals surface area contributed by atoms with Crippen molar-refractivity contribution in [2.45, 2.75) is 18.8 Å². The molecule has 2 N–H and O–H groups in total. The van der Waals surface area contributed by atoms with E-state index in [0.29, 0.717) is 6.42 Å². The molecule has 0 amide bonds. The van der Waals surface area contributed by atoms with E-state index in [2.05, 4.69) is 10.6 Å². The molecule has 41 heavy (non-hydrogen) atoms. The van der Waals surface area contributed by atoms with Crippen LogP contribution in [0.5, 0.6) is 23.0 Å². The summed E-state index contributed by atoms with van der Waals surface area (Å²) in [7, 11) is 0. The maximum atomic E-state index is 13.5. The topological polar surface area (TPSA) is 90.1 Å². The second kappa shape index (κ2) is 11.8. The number of halogens is 6. The molecular weight excluding hydrogens is 550 g/mol. The number of nitrogens with one attached hydrogen (secondary N) is 2. The second-order valence-electron chi connectivity index (χ2n) is 8.56. The van der Waals surface area contributed by atoms with Gasteiger partial charge in [0.2, 0.25) is 0 Å². The Kier molecular flexibility index (Phi) is 8.24. The van der Waals surface area contributed by atoms with Gasteiger partial charge in [0.05, 0.1) is 0 Å². The minimum Gasteiger partial charge on any atom is -0.457 e. The summed E-state index contributed by atoms with van der Waals surface area (Å²) in [5.74, 6) is -0.510. The van der Waals surface area contributed by atoms with Crippen LogP contribution in [0.3, 0.4) is 0 Å². The van der Waals surface area contributed by atoms with Crippen LogP contribution in [0.4, 0.5) is 37.7 Å². The minimum atomic E-state index is -4.70. The number of benzene rings is 4. The number of anilines is 2. The van der Waals surface area contributed by atoms with Gasteiger partial charge in [0.25, 0.3) is 0 Å². The predicted molar refractivity (Wildman–Crippen MR) is 137 cm³/mol. The summed E-state index contributed by atoms with van der Waals surface area (Å²) in [5, 5.41) is 21.6. The van der Waals surface area contributed by atoms with Crippen molar-refractivity contribution in [1.29, 1.82) is 10.5 Å². The van der Waals surface area contributed by atoms with Gasteiger partial charge in [-0.2, -0.15) is 36.9 Å². The van der Waals surface area contributed by atoms with Crippen molar-refractivity contribution in [3.8, 4) is 35.4 Å². The van der Waals surface area contributed by atoms with Gasteiger partial charge in [-0.25, -0.2) is 0 Å². The Balaban J connectivity index is 1.44. The van der Waals surface area contributed by atoms with Crippen molar-refractivity contribution >= 4 is 11.4 Å². The molecule has 0 aliphatic carbocycles. The lowest BCUT2D eigenvalue weighted by atomic mass is 10.0. The number of ether oxygens (including phenoxy) is 2. The van der Waals surface area contributed by atoms with Gasteiger partial charge in [0, 0.05) is 11.4 Å². The van der Waals surface area contributed by atoms with Crippen LogP contribution in [0.25, 0.3) is 0 Å². The SMILES string of the molecule is N#CNc1ccc(Oc2ccc(Cc3ccc(Oc4ccc(NC#N)cc4C(F)(F)F)cc3)cc2)c(C(F)(F)F)c1. The minimum absolute atomic E-state index is 0.0226. The third-order valence-corrected chi connectivity index (χ3v) is 5.68. The molecule has 0 spiro atoms. The molecule has 0 aliphatic rings. The van der Waals surface area contributed by atoms with Gasteiger partial charge in [-0.1, -0.05) is 24.3 Å². The summed E-state index contributed by atoms with van der Waals surface area (Å²) < 4.78 is 91.8. The molecule has 0 radical (unpaired) electrons. The molecule has 0 saturated carbocycles. The van der Waals surface area contributed by atoms with E-state index in [1.165, 1.54) is 36.4 Å². The largest absolute Gasteiger partial charge is 0.457 e. The number of nitrogens with zero attached hydrogens (tertiary/aromatic N) is 2. The molecule has 12 heteroatoms. The lowest BCUT2D eigenvalue weighted by Crippen LogP contribution is -2.08. The highest BCUT2D eigenvalue weighted by atomic mass is 19.4. The third kappa shape index (κ3) is 7.40. The lowest BCUT2D eigenvalue weighted by Gasteiger charge is -2.15. The maximum absolute atomic E-state index is 13.5. The highest BCUT2D eigenvalue weighted by Gasteiger charge is 2.36. The number of hydrogen-bond donors (Lipinski definition) is 2. The molecule has 0 bridgehead atoms. The van der Waals surface area contributed by atoms with E-state index in [9.17, 15) is 26.3 Å². The molecule has 0 aromatic heterocycles. The fourth-order valence-electron chi connectivity index (χ4n) is 3.81. The summed E-state index contributed by atoms with van der Waals surface area (Å²) in [6.07, 6.45) is -5.85. The monoisotopic (exact) mass is 568 g/mol. The van der Waals surface area contributed by atoms with Gasteiger partial charge in [-0.3, -0.25) is 10.6 Å². The average Bonchev–Trinajstić information content (AvgIpc) is 2.92. The zero-order valence-electron chi connectivity index (χ0n) is 20.8. The van der Waals surface area contributed by atoms with Gasteiger partial charge in [0.1, 0.15) is 34.1 Å². The summed E-state index contributed by atoms with van der Waals surface area (Å²) in [5.41, 5.74) is -0.523. The maximum Gasteiger partial charge on any atom is 0.420 e. The van der Waals surface area contributed by atoms with Crippen LogP contribution in [0.2, 0.25) is 0 Å². The number of rotatable bonds is 8. The first kappa shape index (κ1) is 28.6. The van der Waals surface area contributed by atoms with Gasteiger partial charge in [0.15, 0.2) is 12.4 Å². The molecule has 4 aromatic rings. The Morgan fingerprint density at radius 2 is 0.927 bits per heavy atom. The number of hydrogen-bond acceptors (Lipinski definition) is 6. The molecule has 208 valence electrons. The Morgan fingerprint density at radius 1 is 0.561 bits per heavy atom. The van der Waals surface area contributed by atoms with Crippen LogP contribution < -0.4 is 20.1 Å². The quantitative estimate of drug-likeness (QED) is 0.126. The summed E-state index contributed by atoms with van der Waals surface area (Å²) >= 11 is 0. The first-order chi connectivity index (χ1) is 19.5. The van der Waals surface area contributed by atoms with E-state index in [0.717, 1.165) is 35.4 Å². The number of alkyl halides is 6. The van der Waals surface area contributed by atoms with Crippen LogP contribution in [-0.2, 0) is 18.8 Å². The van der Waals surface area contributed by atoms with Crippen molar-refractivity contribution in [3.63, 3.8) is 0 Å². The lowest BCUT2D eigenvalue weighted by molar-refractivity contribution is -0.139. The normalized spacial score (nSPS) is 11.2. The zero-order valence-corrected chi connectivity index (χ0v) is 20.8. The summed E-state index contributed by atoms with van der Waals surface area (Å²) in [6.45, 7) is 0. The number of nitriles is 2. The van der Waals surface area contributed by atoms with Gasteiger partial charge >= 0.3 is 12.4 Å². The van der Waals surface area contributed by atoms with Crippen molar-refractivity contribution < 1.29 is 35.8 Å². The molecule has 0 fully saturated rings. The van der Waals surface area contributed by atoms with Gasteiger partial charge < -0.3 is 9.47 Å². The van der Waals surface area contributed by atoms with Crippen LogP contribution in [0.15, 0.2) is 84.9 Å². The Morgan fingerprint density at radius 3 is 1.24 bits per heavy atom. The van der Waals surface area contributed by atoms with Crippen LogP contribution in [-0.4, -0.2) is 0 Å². The molecule has 4 aromatic carbocycles. The third-order valence-electron chi connectivity index (χ3n) is 5.68. The molecule has 6 nitrogen and oxygen atoms in total. The Hall–Kier alpha value is -5.36. The average molecular weight is 568 g/mol. The highest BCUT2D eigenvalue weighted by Crippen LogP contribution is 2.41. The van der Waals surface area contributed by atoms with Crippen molar-refractivity contribution in [1.82, 2.24) is 0 Å². The van der Waals surface area contributed by atoms with Crippen LogP contribution in [0.1, 0.15) is 22.3 Å². The standard InChI is InChI=1S/C29H18F6N4O2/c30-28(31,32)24-14-20(38-16-36)5-11-26(24)40-22-7-1-18(2-8-22)13-19-3-9-23(10-4-19)41-27-12-6-21(39-17-37)15-25(27)29(33,34)35/h1-12,14-15,38-39H,13H2. The van der Waals surface area contributed by atoms with E-state index >= 15 is 0 Å². The van der Waals surface area contributed by atoms with Crippen LogP contribution >= 0.6 is 0 Å².